The molecule has 0 amide bonds. The second-order valence-electron chi connectivity index (χ2n) is 14.0. The number of para-hydroxylation sites is 3. The number of rotatable bonds is 6. The van der Waals surface area contributed by atoms with Crippen LogP contribution in [0.2, 0.25) is 0 Å². The van der Waals surface area contributed by atoms with Crippen LogP contribution in [0.4, 0.5) is 17.1 Å². The molecule has 258 valence electrons. The molecule has 0 bridgehead atoms. The summed E-state index contributed by atoms with van der Waals surface area (Å²) >= 11 is 0. The van der Waals surface area contributed by atoms with Crippen LogP contribution < -0.4 is 4.90 Å². The Morgan fingerprint density at radius 1 is 0.291 bits per heavy atom. The Balaban J connectivity index is 1.24. The van der Waals surface area contributed by atoms with Crippen molar-refractivity contribution in [2.45, 2.75) is 0 Å². The van der Waals surface area contributed by atoms with E-state index in [1.165, 1.54) is 11.1 Å². The molecule has 0 radical (unpaired) electrons. The number of fused-ring (bicyclic) bond motifs is 8. The zero-order valence-corrected chi connectivity index (χ0v) is 29.8. The minimum Gasteiger partial charge on any atom is -0.455 e. The SMILES string of the molecule is c1ccc(-c2cccc(-c3cccc4oc5c6ccccc6c(N(c6ccccc6-c6ccccc6)c6cccc7c6oc6ccccc67)cc5c34)c2)cc1. The molecule has 11 aromatic rings. The predicted octanol–water partition coefficient (Wildman–Crippen LogP) is 15.1. The Bertz CT molecular complexity index is 3210. The van der Waals surface area contributed by atoms with E-state index >= 15 is 0 Å². The number of hydrogen-bond donors (Lipinski definition) is 0. The summed E-state index contributed by atoms with van der Waals surface area (Å²) in [4.78, 5) is 2.40. The Kier molecular flexibility index (Phi) is 7.17. The molecule has 0 spiro atoms. The zero-order valence-electron chi connectivity index (χ0n) is 29.8. The molecule has 3 heteroatoms. The highest BCUT2D eigenvalue weighted by Gasteiger charge is 2.26. The van der Waals surface area contributed by atoms with Crippen LogP contribution in [0.25, 0.3) is 88.0 Å². The lowest BCUT2D eigenvalue weighted by Gasteiger charge is -2.29. The molecule has 2 aromatic heterocycles. The van der Waals surface area contributed by atoms with E-state index in [9.17, 15) is 0 Å². The van der Waals surface area contributed by atoms with Gasteiger partial charge < -0.3 is 13.7 Å². The van der Waals surface area contributed by atoms with Crippen LogP contribution in [0, 0.1) is 0 Å². The van der Waals surface area contributed by atoms with Crippen molar-refractivity contribution >= 4 is 71.7 Å². The summed E-state index contributed by atoms with van der Waals surface area (Å²) in [5.74, 6) is 0. The lowest BCUT2D eigenvalue weighted by Crippen LogP contribution is -2.12. The van der Waals surface area contributed by atoms with Gasteiger partial charge in [-0.3, -0.25) is 0 Å². The van der Waals surface area contributed by atoms with Gasteiger partial charge in [-0.1, -0.05) is 164 Å². The molecule has 0 saturated heterocycles. The highest BCUT2D eigenvalue weighted by molar-refractivity contribution is 6.23. The number of nitrogens with zero attached hydrogens (tertiary/aromatic N) is 1. The fourth-order valence-corrected chi connectivity index (χ4v) is 8.38. The molecule has 2 heterocycles. The molecule has 0 N–H and O–H groups in total. The predicted molar refractivity (Wildman–Crippen MR) is 229 cm³/mol. The fraction of sp³-hybridized carbons (Fsp3) is 0. The number of hydrogen-bond acceptors (Lipinski definition) is 3. The van der Waals surface area contributed by atoms with Gasteiger partial charge in [0, 0.05) is 37.9 Å². The minimum absolute atomic E-state index is 0.839. The van der Waals surface area contributed by atoms with E-state index in [0.29, 0.717) is 0 Å². The van der Waals surface area contributed by atoms with Crippen molar-refractivity contribution < 1.29 is 8.83 Å². The van der Waals surface area contributed by atoms with Gasteiger partial charge in [0.1, 0.15) is 16.7 Å². The van der Waals surface area contributed by atoms with Crippen LogP contribution in [-0.4, -0.2) is 0 Å². The lowest BCUT2D eigenvalue weighted by molar-refractivity contribution is 0.669. The van der Waals surface area contributed by atoms with Crippen molar-refractivity contribution in [3.8, 4) is 33.4 Å². The molecule has 9 aromatic carbocycles. The summed E-state index contributed by atoms with van der Waals surface area (Å²) in [5, 5.41) is 6.46. The molecule has 0 saturated carbocycles. The van der Waals surface area contributed by atoms with Gasteiger partial charge >= 0.3 is 0 Å². The summed E-state index contributed by atoms with van der Waals surface area (Å²) in [6.45, 7) is 0. The molecule has 0 atom stereocenters. The van der Waals surface area contributed by atoms with Crippen LogP contribution in [0.3, 0.4) is 0 Å². The second-order valence-corrected chi connectivity index (χ2v) is 14.0. The molecule has 11 rings (SSSR count). The van der Waals surface area contributed by atoms with Crippen molar-refractivity contribution in [3.63, 3.8) is 0 Å². The van der Waals surface area contributed by atoms with Gasteiger partial charge in [0.2, 0.25) is 0 Å². The van der Waals surface area contributed by atoms with Crippen molar-refractivity contribution in [2.75, 3.05) is 4.90 Å². The standard InChI is InChI=1S/C52H33NO2/c1-3-16-34(17-4-1)36-20-13-21-37(32-36)39-26-15-31-49-50(39)44-33-47(40-23-7-8-25-42(40)51(44)55-49)53(45-28-11-9-22-38(45)35-18-5-2-6-19-35)46-29-14-27-43-41-24-10-12-30-48(41)54-52(43)46/h1-33H. The van der Waals surface area contributed by atoms with Crippen molar-refractivity contribution in [1.82, 2.24) is 0 Å². The maximum atomic E-state index is 6.86. The monoisotopic (exact) mass is 703 g/mol. The van der Waals surface area contributed by atoms with Gasteiger partial charge in [0.05, 0.1) is 17.1 Å². The van der Waals surface area contributed by atoms with E-state index in [-0.39, 0.29) is 0 Å². The summed E-state index contributed by atoms with van der Waals surface area (Å²) in [5.41, 5.74) is 13.4. The van der Waals surface area contributed by atoms with E-state index in [2.05, 4.69) is 199 Å². The Morgan fingerprint density at radius 2 is 0.836 bits per heavy atom. The maximum absolute atomic E-state index is 6.86. The summed E-state index contributed by atoms with van der Waals surface area (Å²) in [7, 11) is 0. The smallest absolute Gasteiger partial charge is 0.159 e. The van der Waals surface area contributed by atoms with Gasteiger partial charge in [0.15, 0.2) is 5.58 Å². The summed E-state index contributed by atoms with van der Waals surface area (Å²) in [6, 6.07) is 70.8. The van der Waals surface area contributed by atoms with Crippen LogP contribution in [0.5, 0.6) is 0 Å². The average molecular weight is 704 g/mol. The zero-order chi connectivity index (χ0) is 36.3. The Labute approximate surface area is 317 Å². The van der Waals surface area contributed by atoms with E-state index < -0.39 is 0 Å². The van der Waals surface area contributed by atoms with E-state index in [4.69, 9.17) is 8.83 Å². The van der Waals surface area contributed by atoms with E-state index in [1.807, 2.05) is 6.07 Å². The third-order valence-electron chi connectivity index (χ3n) is 10.9. The molecule has 0 aliphatic carbocycles. The van der Waals surface area contributed by atoms with Gasteiger partial charge in [-0.25, -0.2) is 0 Å². The van der Waals surface area contributed by atoms with Crippen LogP contribution in [0.15, 0.2) is 209 Å². The largest absolute Gasteiger partial charge is 0.455 e. The molecule has 55 heavy (non-hydrogen) atoms. The summed E-state index contributed by atoms with van der Waals surface area (Å²) < 4.78 is 13.6. The second kappa shape index (κ2) is 12.6. The highest BCUT2D eigenvalue weighted by Crippen LogP contribution is 2.50. The average Bonchev–Trinajstić information content (AvgIpc) is 3.84. The van der Waals surface area contributed by atoms with E-state index in [1.54, 1.807) is 0 Å². The molecule has 0 aliphatic heterocycles. The molecular formula is C52H33NO2. The molecule has 0 aliphatic rings. The Hall–Kier alpha value is -7.36. The number of anilines is 3. The number of benzene rings is 9. The third kappa shape index (κ3) is 5.05. The topological polar surface area (TPSA) is 29.5 Å². The molecular weight excluding hydrogens is 671 g/mol. The van der Waals surface area contributed by atoms with Crippen molar-refractivity contribution in [2.24, 2.45) is 0 Å². The van der Waals surface area contributed by atoms with E-state index in [0.717, 1.165) is 94.0 Å². The third-order valence-corrected chi connectivity index (χ3v) is 10.9. The first-order valence-corrected chi connectivity index (χ1v) is 18.7. The molecule has 0 fully saturated rings. The van der Waals surface area contributed by atoms with Crippen molar-refractivity contribution in [1.29, 1.82) is 0 Å². The number of furan rings is 2. The minimum atomic E-state index is 0.839. The van der Waals surface area contributed by atoms with Crippen LogP contribution in [0.1, 0.15) is 0 Å². The van der Waals surface area contributed by atoms with Gasteiger partial charge in [-0.15, -0.1) is 0 Å². The Morgan fingerprint density at radius 3 is 1.69 bits per heavy atom. The lowest BCUT2D eigenvalue weighted by atomic mass is 9.94. The molecule has 0 unspecified atom stereocenters. The first-order chi connectivity index (χ1) is 27.3. The normalized spacial score (nSPS) is 11.6. The maximum Gasteiger partial charge on any atom is 0.159 e. The van der Waals surface area contributed by atoms with Gasteiger partial charge in [-0.05, 0) is 64.2 Å². The first-order valence-electron chi connectivity index (χ1n) is 18.7. The first kappa shape index (κ1) is 31.2. The van der Waals surface area contributed by atoms with Gasteiger partial charge in [-0.2, -0.15) is 0 Å². The fourth-order valence-electron chi connectivity index (χ4n) is 8.38. The highest BCUT2D eigenvalue weighted by atomic mass is 16.3. The molecule has 3 nitrogen and oxygen atoms in total. The quantitative estimate of drug-likeness (QED) is 0.173. The summed E-state index contributed by atoms with van der Waals surface area (Å²) in [6.07, 6.45) is 0. The van der Waals surface area contributed by atoms with Crippen LogP contribution in [-0.2, 0) is 0 Å². The van der Waals surface area contributed by atoms with Crippen LogP contribution >= 0.6 is 0 Å². The van der Waals surface area contributed by atoms with Gasteiger partial charge in [0.25, 0.3) is 0 Å². The van der Waals surface area contributed by atoms with Crippen molar-refractivity contribution in [3.05, 3.63) is 200 Å².